The van der Waals surface area contributed by atoms with E-state index in [4.69, 9.17) is 4.74 Å². The summed E-state index contributed by atoms with van der Waals surface area (Å²) in [5.41, 5.74) is 3.27. The molecule has 1 aliphatic heterocycles. The van der Waals surface area contributed by atoms with Gasteiger partial charge in [0, 0.05) is 11.3 Å². The Morgan fingerprint density at radius 2 is 1.71 bits per heavy atom. The zero-order valence-corrected chi connectivity index (χ0v) is 24.1. The van der Waals surface area contributed by atoms with E-state index in [0.29, 0.717) is 24.6 Å². The molecular weight excluding hydrogens is 530 g/mol. The summed E-state index contributed by atoms with van der Waals surface area (Å²) in [7, 11) is 0. The summed E-state index contributed by atoms with van der Waals surface area (Å²) in [6, 6.07) is 24.8. The van der Waals surface area contributed by atoms with Crippen LogP contribution in [0.1, 0.15) is 67.7 Å². The van der Waals surface area contributed by atoms with Crippen LogP contribution in [0.2, 0.25) is 0 Å². The lowest BCUT2D eigenvalue weighted by molar-refractivity contribution is -0.146. The number of nitrogens with zero attached hydrogens (tertiary/aromatic N) is 2. The van der Waals surface area contributed by atoms with E-state index in [0.717, 1.165) is 47.9 Å². The predicted octanol–water partition coefficient (Wildman–Crippen LogP) is 5.97. The van der Waals surface area contributed by atoms with Gasteiger partial charge in [0.1, 0.15) is 0 Å². The molecule has 5 rings (SSSR count). The summed E-state index contributed by atoms with van der Waals surface area (Å²) in [6.07, 6.45) is 4.56. The van der Waals surface area contributed by atoms with E-state index in [2.05, 4.69) is 10.4 Å². The van der Waals surface area contributed by atoms with Gasteiger partial charge in [-0.1, -0.05) is 67.4 Å². The summed E-state index contributed by atoms with van der Waals surface area (Å²) in [4.78, 5) is 37.9. The first kappa shape index (κ1) is 29.0. The lowest BCUT2D eigenvalue weighted by Gasteiger charge is -2.25. The van der Waals surface area contributed by atoms with Gasteiger partial charge in [-0.05, 0) is 80.0 Å². The number of ether oxygens (including phenoxy) is 1. The van der Waals surface area contributed by atoms with Crippen LogP contribution in [-0.2, 0) is 32.1 Å². The van der Waals surface area contributed by atoms with Crippen molar-refractivity contribution in [1.29, 1.82) is 0 Å². The molecule has 0 spiro atoms. The number of carboxylic acids is 1. The fraction of sp³-hybridized carbons (Fsp3) is 0.353. The third-order valence-corrected chi connectivity index (χ3v) is 8.10. The van der Waals surface area contributed by atoms with Crippen LogP contribution in [0.4, 0.5) is 5.69 Å². The van der Waals surface area contributed by atoms with Crippen LogP contribution in [0.25, 0.3) is 0 Å². The van der Waals surface area contributed by atoms with E-state index in [1.54, 1.807) is 13.8 Å². The Kier molecular flexibility index (Phi) is 8.71. The van der Waals surface area contributed by atoms with Crippen molar-refractivity contribution in [2.45, 2.75) is 58.4 Å². The maximum absolute atomic E-state index is 13.7. The number of amides is 2. The number of aliphatic carboxylic acids is 1. The molecule has 1 unspecified atom stereocenters. The van der Waals surface area contributed by atoms with Gasteiger partial charge < -0.3 is 15.2 Å². The second-order valence-corrected chi connectivity index (χ2v) is 11.8. The molecule has 0 aromatic heterocycles. The molecule has 2 amide bonds. The highest BCUT2D eigenvalue weighted by molar-refractivity contribution is 5.98. The quantitative estimate of drug-likeness (QED) is 0.314. The summed E-state index contributed by atoms with van der Waals surface area (Å²) < 4.78 is 5.56. The van der Waals surface area contributed by atoms with Crippen molar-refractivity contribution in [1.82, 2.24) is 5.01 Å². The SMILES string of the molecule is CC(C)(Cc1cccc(NC(=O)C(c2ccc(CN3N=C(c4ccccc4)OCC3=O)cc2)C2CCCC2)c1)C(=O)O. The van der Waals surface area contributed by atoms with Crippen molar-refractivity contribution in [2.75, 3.05) is 11.9 Å². The Morgan fingerprint density at radius 1 is 1.00 bits per heavy atom. The molecule has 1 fully saturated rings. The molecule has 1 heterocycles. The topological polar surface area (TPSA) is 108 Å². The van der Waals surface area contributed by atoms with Gasteiger partial charge in [-0.3, -0.25) is 14.4 Å². The minimum atomic E-state index is -0.906. The zero-order chi connectivity index (χ0) is 29.7. The zero-order valence-electron chi connectivity index (χ0n) is 24.1. The Bertz CT molecular complexity index is 1460. The van der Waals surface area contributed by atoms with Crippen LogP contribution < -0.4 is 5.32 Å². The standard InChI is InChI=1S/C34H37N3O5/c1-34(2,33(40)41)20-24-9-8-14-28(19-24)35-31(39)30(25-10-6-7-11-25)26-17-15-23(16-18-26)21-37-29(38)22-42-32(36-37)27-12-4-3-5-13-27/h3-5,8-9,12-19,25,30H,6-7,10-11,20-22H2,1-2H3,(H,35,39)(H,40,41). The van der Waals surface area contributed by atoms with Crippen LogP contribution >= 0.6 is 0 Å². The lowest BCUT2D eigenvalue weighted by atomic mass is 9.83. The first-order valence-electron chi connectivity index (χ1n) is 14.5. The molecular formula is C34H37N3O5. The first-order valence-corrected chi connectivity index (χ1v) is 14.5. The second kappa shape index (κ2) is 12.6. The number of hydrazone groups is 1. The van der Waals surface area contributed by atoms with Crippen molar-refractivity contribution in [3.8, 4) is 0 Å². The van der Waals surface area contributed by atoms with Crippen LogP contribution in [0.15, 0.2) is 84.0 Å². The van der Waals surface area contributed by atoms with E-state index < -0.39 is 11.4 Å². The van der Waals surface area contributed by atoms with Gasteiger partial charge in [-0.25, -0.2) is 5.01 Å². The number of hydrogen-bond donors (Lipinski definition) is 2. The van der Waals surface area contributed by atoms with Crippen molar-refractivity contribution >= 4 is 29.4 Å². The minimum Gasteiger partial charge on any atom is -0.481 e. The van der Waals surface area contributed by atoms with Gasteiger partial charge in [-0.15, -0.1) is 5.10 Å². The highest BCUT2D eigenvalue weighted by Gasteiger charge is 2.33. The highest BCUT2D eigenvalue weighted by atomic mass is 16.5. The van der Waals surface area contributed by atoms with Crippen molar-refractivity contribution in [3.63, 3.8) is 0 Å². The second-order valence-electron chi connectivity index (χ2n) is 11.8. The number of anilines is 1. The number of carboxylic acid groups (broad SMARTS) is 1. The molecule has 218 valence electrons. The number of carbonyl (C=O) groups excluding carboxylic acids is 2. The average Bonchev–Trinajstić information content (AvgIpc) is 3.50. The smallest absolute Gasteiger partial charge is 0.309 e. The van der Waals surface area contributed by atoms with Crippen LogP contribution in [-0.4, -0.2) is 40.4 Å². The normalized spacial score (nSPS) is 16.5. The number of carbonyl (C=O) groups is 3. The molecule has 0 bridgehead atoms. The highest BCUT2D eigenvalue weighted by Crippen LogP contribution is 2.38. The molecule has 8 heteroatoms. The molecule has 1 atom stereocenters. The van der Waals surface area contributed by atoms with Gasteiger partial charge >= 0.3 is 5.97 Å². The van der Waals surface area contributed by atoms with Gasteiger partial charge in [0.25, 0.3) is 5.91 Å². The van der Waals surface area contributed by atoms with E-state index in [-0.39, 0.29) is 30.3 Å². The summed E-state index contributed by atoms with van der Waals surface area (Å²) in [5.74, 6) is -0.790. The number of benzene rings is 3. The number of rotatable bonds is 10. The molecule has 1 aliphatic carbocycles. The van der Waals surface area contributed by atoms with Crippen LogP contribution in [0.5, 0.6) is 0 Å². The van der Waals surface area contributed by atoms with Crippen molar-refractivity contribution < 1.29 is 24.2 Å². The third kappa shape index (κ3) is 6.87. The Balaban J connectivity index is 1.31. The molecule has 2 aliphatic rings. The largest absolute Gasteiger partial charge is 0.481 e. The lowest BCUT2D eigenvalue weighted by Crippen LogP contribution is -2.36. The minimum absolute atomic E-state index is 0.0647. The summed E-state index contributed by atoms with van der Waals surface area (Å²) in [5, 5.41) is 18.5. The third-order valence-electron chi connectivity index (χ3n) is 8.10. The molecule has 2 N–H and O–H groups in total. The predicted molar refractivity (Wildman–Crippen MR) is 161 cm³/mol. The molecule has 0 saturated heterocycles. The fourth-order valence-electron chi connectivity index (χ4n) is 5.74. The Morgan fingerprint density at radius 3 is 2.40 bits per heavy atom. The number of hydrogen-bond acceptors (Lipinski definition) is 5. The monoisotopic (exact) mass is 567 g/mol. The van der Waals surface area contributed by atoms with E-state index in [1.807, 2.05) is 78.9 Å². The maximum Gasteiger partial charge on any atom is 0.309 e. The van der Waals surface area contributed by atoms with E-state index in [9.17, 15) is 19.5 Å². The molecule has 1 saturated carbocycles. The van der Waals surface area contributed by atoms with Gasteiger partial charge in [0.2, 0.25) is 11.8 Å². The molecule has 0 radical (unpaired) electrons. The van der Waals surface area contributed by atoms with Gasteiger partial charge in [0.15, 0.2) is 6.61 Å². The Labute approximate surface area is 246 Å². The molecule has 3 aromatic carbocycles. The number of nitrogens with one attached hydrogen (secondary N) is 1. The summed E-state index contributed by atoms with van der Waals surface area (Å²) >= 11 is 0. The molecule has 3 aromatic rings. The summed E-state index contributed by atoms with van der Waals surface area (Å²) in [6.45, 7) is 3.64. The van der Waals surface area contributed by atoms with Crippen molar-refractivity contribution in [3.05, 3.63) is 101 Å². The van der Waals surface area contributed by atoms with Crippen LogP contribution in [0.3, 0.4) is 0 Å². The van der Waals surface area contributed by atoms with Crippen LogP contribution in [0, 0.1) is 11.3 Å². The average molecular weight is 568 g/mol. The van der Waals surface area contributed by atoms with E-state index in [1.165, 1.54) is 5.01 Å². The maximum atomic E-state index is 13.7. The molecule has 42 heavy (non-hydrogen) atoms. The Hall–Kier alpha value is -4.46. The van der Waals surface area contributed by atoms with Gasteiger partial charge in [-0.2, -0.15) is 0 Å². The first-order chi connectivity index (χ1) is 20.2. The fourth-order valence-corrected chi connectivity index (χ4v) is 5.74. The van der Waals surface area contributed by atoms with Gasteiger partial charge in [0.05, 0.1) is 17.9 Å². The molecule has 8 nitrogen and oxygen atoms in total. The van der Waals surface area contributed by atoms with Crippen molar-refractivity contribution in [2.24, 2.45) is 16.4 Å². The van der Waals surface area contributed by atoms with E-state index >= 15 is 0 Å².